The van der Waals surface area contributed by atoms with Gasteiger partial charge in [0, 0.05) is 11.2 Å². The van der Waals surface area contributed by atoms with Crippen LogP contribution in [0.5, 0.6) is 11.6 Å². The van der Waals surface area contributed by atoms with Crippen LogP contribution in [-0.4, -0.2) is 22.3 Å². The third-order valence-corrected chi connectivity index (χ3v) is 4.34. The maximum atomic E-state index is 12.7. The number of nitrogens with zero attached hydrogens (tertiary/aromatic N) is 1. The summed E-state index contributed by atoms with van der Waals surface area (Å²) in [6, 6.07) is 9.85. The maximum absolute atomic E-state index is 12.7. The largest absolute Gasteiger partial charge is 0.438 e. The molecule has 0 radical (unpaired) electrons. The average Bonchev–Trinajstić information content (AvgIpc) is 2.57. The smallest absolute Gasteiger partial charge is 0.257 e. The molecule has 132 valence electrons. The van der Waals surface area contributed by atoms with Gasteiger partial charge in [0.05, 0.1) is 0 Å². The van der Waals surface area contributed by atoms with Gasteiger partial charge in [0.15, 0.2) is 0 Å². The summed E-state index contributed by atoms with van der Waals surface area (Å²) < 4.78 is 5.67. The fraction of sp³-hybridized carbons (Fsp3) is 0.278. The van der Waals surface area contributed by atoms with E-state index in [9.17, 15) is 9.59 Å². The van der Waals surface area contributed by atoms with Crippen LogP contribution in [0, 0.1) is 5.92 Å². The molecular formula is C18H20ClN3O3. The van der Waals surface area contributed by atoms with Crippen molar-refractivity contribution in [3.05, 3.63) is 53.2 Å². The van der Waals surface area contributed by atoms with Crippen molar-refractivity contribution < 1.29 is 14.3 Å². The summed E-state index contributed by atoms with van der Waals surface area (Å²) >= 11 is 5.85. The van der Waals surface area contributed by atoms with Crippen LogP contribution in [0.4, 0.5) is 0 Å². The van der Waals surface area contributed by atoms with E-state index >= 15 is 0 Å². The van der Waals surface area contributed by atoms with E-state index in [-0.39, 0.29) is 17.4 Å². The topological polar surface area (TPSA) is 94.3 Å². The second-order valence-corrected chi connectivity index (χ2v) is 6.52. The van der Waals surface area contributed by atoms with Gasteiger partial charge in [-0.3, -0.25) is 9.59 Å². The molecule has 0 aliphatic heterocycles. The SMILES string of the molecule is CC(C)[C@](C)(NC(=O)c1cccnc1Oc1ccc(Cl)cc1)C(N)=O. The highest BCUT2D eigenvalue weighted by atomic mass is 35.5. The van der Waals surface area contributed by atoms with Gasteiger partial charge >= 0.3 is 0 Å². The summed E-state index contributed by atoms with van der Waals surface area (Å²) in [7, 11) is 0. The molecule has 0 fully saturated rings. The third-order valence-electron chi connectivity index (χ3n) is 4.08. The van der Waals surface area contributed by atoms with Gasteiger partial charge < -0.3 is 15.8 Å². The van der Waals surface area contributed by atoms with E-state index in [1.165, 1.54) is 6.20 Å². The summed E-state index contributed by atoms with van der Waals surface area (Å²) in [4.78, 5) is 28.6. The number of hydrogen-bond donors (Lipinski definition) is 2. The highest BCUT2D eigenvalue weighted by Gasteiger charge is 2.37. The molecule has 0 spiro atoms. The average molecular weight is 362 g/mol. The number of hydrogen-bond acceptors (Lipinski definition) is 4. The van der Waals surface area contributed by atoms with Crippen molar-refractivity contribution in [1.29, 1.82) is 0 Å². The number of carbonyl (C=O) groups excluding carboxylic acids is 2. The van der Waals surface area contributed by atoms with Crippen molar-refractivity contribution >= 4 is 23.4 Å². The molecule has 0 unspecified atom stereocenters. The number of ether oxygens (including phenoxy) is 1. The van der Waals surface area contributed by atoms with Gasteiger partial charge in [-0.25, -0.2) is 4.98 Å². The Balaban J connectivity index is 2.29. The van der Waals surface area contributed by atoms with Crippen molar-refractivity contribution in [2.24, 2.45) is 11.7 Å². The molecular weight excluding hydrogens is 342 g/mol. The van der Waals surface area contributed by atoms with E-state index in [1.807, 2.05) is 0 Å². The van der Waals surface area contributed by atoms with Crippen LogP contribution in [0.1, 0.15) is 31.1 Å². The molecule has 2 rings (SSSR count). The fourth-order valence-corrected chi connectivity index (χ4v) is 2.18. The van der Waals surface area contributed by atoms with Crippen LogP contribution in [-0.2, 0) is 4.79 Å². The lowest BCUT2D eigenvalue weighted by Gasteiger charge is -2.31. The fourth-order valence-electron chi connectivity index (χ4n) is 2.05. The van der Waals surface area contributed by atoms with Gasteiger partial charge in [-0.2, -0.15) is 0 Å². The molecule has 0 aliphatic rings. The van der Waals surface area contributed by atoms with Crippen LogP contribution in [0.25, 0.3) is 0 Å². The standard InChI is InChI=1S/C18H20ClN3O3/c1-11(2)18(3,17(20)24)22-15(23)14-5-4-10-21-16(14)25-13-8-6-12(19)7-9-13/h4-11H,1-3H3,(H2,20,24)(H,22,23)/t18-/m0/s1. The Hall–Kier alpha value is -2.60. The number of aromatic nitrogens is 1. The number of benzene rings is 1. The Morgan fingerprint density at radius 1 is 1.24 bits per heavy atom. The number of nitrogens with one attached hydrogen (secondary N) is 1. The van der Waals surface area contributed by atoms with E-state index in [1.54, 1.807) is 57.2 Å². The molecule has 3 N–H and O–H groups in total. The minimum Gasteiger partial charge on any atom is -0.438 e. The Morgan fingerprint density at radius 2 is 1.88 bits per heavy atom. The molecule has 2 aromatic rings. The number of pyridine rings is 1. The highest BCUT2D eigenvalue weighted by Crippen LogP contribution is 2.25. The van der Waals surface area contributed by atoms with Gasteiger partial charge in [-0.05, 0) is 49.2 Å². The van der Waals surface area contributed by atoms with Crippen LogP contribution in [0.15, 0.2) is 42.6 Å². The van der Waals surface area contributed by atoms with E-state index in [0.29, 0.717) is 10.8 Å². The molecule has 7 heteroatoms. The van der Waals surface area contributed by atoms with Gasteiger partial charge in [0.25, 0.3) is 5.91 Å². The van der Waals surface area contributed by atoms with Crippen molar-refractivity contribution in [1.82, 2.24) is 10.3 Å². The number of halogens is 1. The van der Waals surface area contributed by atoms with E-state index in [4.69, 9.17) is 22.1 Å². The van der Waals surface area contributed by atoms with E-state index in [2.05, 4.69) is 10.3 Å². The van der Waals surface area contributed by atoms with Crippen molar-refractivity contribution in [3.63, 3.8) is 0 Å². The van der Waals surface area contributed by atoms with Crippen molar-refractivity contribution in [2.75, 3.05) is 0 Å². The van der Waals surface area contributed by atoms with E-state index < -0.39 is 17.4 Å². The Labute approximate surface area is 151 Å². The predicted molar refractivity (Wildman–Crippen MR) is 95.7 cm³/mol. The van der Waals surface area contributed by atoms with Crippen LogP contribution >= 0.6 is 11.6 Å². The number of primary amides is 1. The molecule has 0 aliphatic carbocycles. The first-order valence-electron chi connectivity index (χ1n) is 7.75. The zero-order chi connectivity index (χ0) is 18.6. The zero-order valence-corrected chi connectivity index (χ0v) is 15.0. The van der Waals surface area contributed by atoms with Gasteiger partial charge in [-0.15, -0.1) is 0 Å². The third kappa shape index (κ3) is 4.28. The number of nitrogens with two attached hydrogens (primary N) is 1. The lowest BCUT2D eigenvalue weighted by Crippen LogP contribution is -2.58. The summed E-state index contributed by atoms with van der Waals surface area (Å²) in [6.45, 7) is 5.20. The molecule has 1 heterocycles. The lowest BCUT2D eigenvalue weighted by atomic mass is 9.87. The maximum Gasteiger partial charge on any atom is 0.257 e. The Kier molecular flexibility index (Phi) is 5.64. The Morgan fingerprint density at radius 3 is 2.44 bits per heavy atom. The molecule has 0 saturated carbocycles. The van der Waals surface area contributed by atoms with Crippen LogP contribution in [0.3, 0.4) is 0 Å². The minimum atomic E-state index is -1.19. The van der Waals surface area contributed by atoms with Gasteiger partial charge in [0.2, 0.25) is 11.8 Å². The second kappa shape index (κ2) is 7.53. The number of amides is 2. The minimum absolute atomic E-state index is 0.123. The quantitative estimate of drug-likeness (QED) is 0.826. The molecule has 2 amide bonds. The first-order chi connectivity index (χ1) is 11.7. The molecule has 0 saturated heterocycles. The van der Waals surface area contributed by atoms with Gasteiger partial charge in [-0.1, -0.05) is 25.4 Å². The predicted octanol–water partition coefficient (Wildman–Crippen LogP) is 3.16. The summed E-state index contributed by atoms with van der Waals surface area (Å²) in [5, 5.41) is 3.26. The van der Waals surface area contributed by atoms with E-state index in [0.717, 1.165) is 0 Å². The van der Waals surface area contributed by atoms with Crippen molar-refractivity contribution in [2.45, 2.75) is 26.3 Å². The number of rotatable bonds is 6. The van der Waals surface area contributed by atoms with Crippen LogP contribution in [0.2, 0.25) is 5.02 Å². The first-order valence-corrected chi connectivity index (χ1v) is 8.12. The number of carbonyl (C=O) groups is 2. The van der Waals surface area contributed by atoms with Gasteiger partial charge in [0.1, 0.15) is 16.9 Å². The molecule has 1 aromatic heterocycles. The summed E-state index contributed by atoms with van der Waals surface area (Å²) in [6.07, 6.45) is 1.51. The first kappa shape index (κ1) is 18.7. The lowest BCUT2D eigenvalue weighted by molar-refractivity contribution is -0.125. The zero-order valence-electron chi connectivity index (χ0n) is 14.2. The molecule has 0 bridgehead atoms. The highest BCUT2D eigenvalue weighted by molar-refractivity contribution is 6.30. The van der Waals surface area contributed by atoms with Crippen LogP contribution < -0.4 is 15.8 Å². The molecule has 1 aromatic carbocycles. The summed E-state index contributed by atoms with van der Waals surface area (Å²) in [5.41, 5.74) is 4.47. The Bertz CT molecular complexity index is 777. The molecule has 1 atom stereocenters. The molecule has 6 nitrogen and oxygen atoms in total. The second-order valence-electron chi connectivity index (χ2n) is 6.09. The molecule has 25 heavy (non-hydrogen) atoms. The summed E-state index contributed by atoms with van der Waals surface area (Å²) in [5.74, 6) is -0.685. The van der Waals surface area contributed by atoms with Crippen molar-refractivity contribution in [3.8, 4) is 11.6 Å². The normalized spacial score (nSPS) is 13.2. The monoisotopic (exact) mass is 361 g/mol.